The molecular weight excluding hydrogens is 619 g/mol. The van der Waals surface area contributed by atoms with Crippen LogP contribution in [0.25, 0.3) is 0 Å². The van der Waals surface area contributed by atoms with E-state index < -0.39 is 38.1 Å². The van der Waals surface area contributed by atoms with Crippen molar-refractivity contribution >= 4 is 7.60 Å². The standard InChI is InChI=1S/C37H45O9P/c1-41-47(40,42-2)28-34(39)36(45-25-31-19-11-5-12-20-31)37(46-26-32-21-13-6-14-22-32)35(44-24-30-17-9-4-10-18-30)33(38)27-43-23-29-15-7-3-8-16-29/h3-22,33-39H,23-28H2,1-2H3/t33-,34?,35-,36+,37+/m1/s1. The molecule has 0 saturated heterocycles. The van der Waals surface area contributed by atoms with Crippen LogP contribution in [0.5, 0.6) is 0 Å². The lowest BCUT2D eigenvalue weighted by atomic mass is 9.98. The normalized spacial score (nSPS) is 15.1. The van der Waals surface area contributed by atoms with Crippen molar-refractivity contribution in [2.75, 3.05) is 27.0 Å². The molecule has 9 nitrogen and oxygen atoms in total. The fourth-order valence-corrected chi connectivity index (χ4v) is 6.16. The van der Waals surface area contributed by atoms with Crippen molar-refractivity contribution in [2.24, 2.45) is 0 Å². The summed E-state index contributed by atoms with van der Waals surface area (Å²) in [5.74, 6) is 0. The molecule has 1 unspecified atom stereocenters. The Morgan fingerprint density at radius 3 is 1.23 bits per heavy atom. The van der Waals surface area contributed by atoms with E-state index in [1.54, 1.807) is 0 Å². The Morgan fingerprint density at radius 1 is 0.511 bits per heavy atom. The Hall–Kier alpha value is -3.21. The maximum Gasteiger partial charge on any atom is 0.332 e. The average Bonchev–Trinajstić information content (AvgIpc) is 3.12. The summed E-state index contributed by atoms with van der Waals surface area (Å²) in [4.78, 5) is 0. The van der Waals surface area contributed by atoms with Gasteiger partial charge in [-0.15, -0.1) is 0 Å². The molecule has 0 fully saturated rings. The van der Waals surface area contributed by atoms with Crippen LogP contribution in [0.2, 0.25) is 0 Å². The highest BCUT2D eigenvalue weighted by molar-refractivity contribution is 7.53. The van der Waals surface area contributed by atoms with Crippen LogP contribution in [-0.2, 0) is 59.0 Å². The summed E-state index contributed by atoms with van der Waals surface area (Å²) < 4.78 is 48.8. The second-order valence-electron chi connectivity index (χ2n) is 11.1. The van der Waals surface area contributed by atoms with E-state index in [0.717, 1.165) is 22.3 Å². The summed E-state index contributed by atoms with van der Waals surface area (Å²) in [7, 11) is -1.16. The van der Waals surface area contributed by atoms with Crippen LogP contribution >= 0.6 is 7.60 Å². The Labute approximate surface area is 277 Å². The quantitative estimate of drug-likeness (QED) is 0.101. The number of aliphatic hydroxyl groups is 2. The molecule has 252 valence electrons. The topological polar surface area (TPSA) is 113 Å². The van der Waals surface area contributed by atoms with E-state index in [2.05, 4.69) is 0 Å². The summed E-state index contributed by atoms with van der Waals surface area (Å²) in [5.41, 5.74) is 3.54. The molecular formula is C37H45O9P. The Kier molecular flexibility index (Phi) is 15.3. The zero-order chi connectivity index (χ0) is 33.3. The van der Waals surface area contributed by atoms with Gasteiger partial charge in [-0.3, -0.25) is 4.57 Å². The molecule has 10 heteroatoms. The molecule has 4 aromatic rings. The predicted octanol–water partition coefficient (Wildman–Crippen LogP) is 6.17. The zero-order valence-electron chi connectivity index (χ0n) is 26.9. The monoisotopic (exact) mass is 664 g/mol. The molecule has 0 saturated carbocycles. The Balaban J connectivity index is 1.68. The van der Waals surface area contributed by atoms with Gasteiger partial charge in [-0.1, -0.05) is 121 Å². The van der Waals surface area contributed by atoms with Crippen molar-refractivity contribution in [2.45, 2.75) is 56.9 Å². The van der Waals surface area contributed by atoms with Crippen molar-refractivity contribution in [3.63, 3.8) is 0 Å². The lowest BCUT2D eigenvalue weighted by molar-refractivity contribution is -0.203. The third kappa shape index (κ3) is 12.1. The van der Waals surface area contributed by atoms with Crippen molar-refractivity contribution in [1.82, 2.24) is 0 Å². The molecule has 2 N–H and O–H groups in total. The van der Waals surface area contributed by atoms with Gasteiger partial charge in [-0.05, 0) is 22.3 Å². The van der Waals surface area contributed by atoms with Crippen molar-refractivity contribution < 1.29 is 42.8 Å². The first-order valence-corrected chi connectivity index (χ1v) is 17.3. The highest BCUT2D eigenvalue weighted by atomic mass is 31.2. The molecule has 0 heterocycles. The summed E-state index contributed by atoms with van der Waals surface area (Å²) in [6.45, 7) is 0.557. The second kappa shape index (κ2) is 19.6. The van der Waals surface area contributed by atoms with Crippen LogP contribution in [0.15, 0.2) is 121 Å². The third-order valence-electron chi connectivity index (χ3n) is 7.63. The van der Waals surface area contributed by atoms with E-state index in [1.165, 1.54) is 14.2 Å². The minimum Gasteiger partial charge on any atom is -0.390 e. The van der Waals surface area contributed by atoms with Gasteiger partial charge in [0, 0.05) is 14.2 Å². The predicted molar refractivity (Wildman–Crippen MR) is 180 cm³/mol. The first-order chi connectivity index (χ1) is 22.9. The van der Waals surface area contributed by atoms with Gasteiger partial charge in [0.05, 0.1) is 45.3 Å². The molecule has 0 aliphatic rings. The van der Waals surface area contributed by atoms with Crippen LogP contribution in [0.3, 0.4) is 0 Å². The van der Waals surface area contributed by atoms with Gasteiger partial charge in [0.2, 0.25) is 0 Å². The summed E-state index contributed by atoms with van der Waals surface area (Å²) in [5, 5.41) is 23.4. The molecule has 0 radical (unpaired) electrons. The third-order valence-corrected chi connectivity index (χ3v) is 9.56. The minimum absolute atomic E-state index is 0.0876. The van der Waals surface area contributed by atoms with Crippen molar-refractivity contribution in [3.8, 4) is 0 Å². The maximum atomic E-state index is 13.2. The van der Waals surface area contributed by atoms with Gasteiger partial charge >= 0.3 is 7.60 Å². The number of hydrogen-bond donors (Lipinski definition) is 2. The molecule has 4 aromatic carbocycles. The molecule has 5 atom stereocenters. The maximum absolute atomic E-state index is 13.2. The van der Waals surface area contributed by atoms with Crippen molar-refractivity contribution in [3.05, 3.63) is 144 Å². The first kappa shape index (κ1) is 36.6. The van der Waals surface area contributed by atoms with Gasteiger partial charge in [0.25, 0.3) is 0 Å². The van der Waals surface area contributed by atoms with Crippen LogP contribution < -0.4 is 0 Å². The summed E-state index contributed by atoms with van der Waals surface area (Å²) in [6, 6.07) is 38.2. The average molecular weight is 665 g/mol. The van der Waals surface area contributed by atoms with Gasteiger partial charge < -0.3 is 38.2 Å². The molecule has 0 spiro atoms. The fraction of sp³-hybridized carbons (Fsp3) is 0.351. The van der Waals surface area contributed by atoms with E-state index >= 15 is 0 Å². The number of benzene rings is 4. The van der Waals surface area contributed by atoms with E-state index in [0.29, 0.717) is 0 Å². The highest BCUT2D eigenvalue weighted by Gasteiger charge is 2.43. The second-order valence-corrected chi connectivity index (χ2v) is 13.4. The minimum atomic E-state index is -3.69. The molecule has 0 amide bonds. The van der Waals surface area contributed by atoms with Gasteiger partial charge in [-0.2, -0.15) is 0 Å². The van der Waals surface area contributed by atoms with E-state index in [-0.39, 0.29) is 39.2 Å². The fourth-order valence-electron chi connectivity index (χ4n) is 5.05. The highest BCUT2D eigenvalue weighted by Crippen LogP contribution is 2.47. The molecule has 0 aliphatic heterocycles. The Morgan fingerprint density at radius 2 is 0.851 bits per heavy atom. The van der Waals surface area contributed by atoms with Crippen LogP contribution in [0.1, 0.15) is 22.3 Å². The van der Waals surface area contributed by atoms with Crippen molar-refractivity contribution in [1.29, 1.82) is 0 Å². The summed E-state index contributed by atoms with van der Waals surface area (Å²) in [6.07, 6.45) is -6.22. The Bertz CT molecular complexity index is 1440. The number of hydrogen-bond acceptors (Lipinski definition) is 9. The van der Waals surface area contributed by atoms with Gasteiger partial charge in [0.1, 0.15) is 24.4 Å². The smallest absolute Gasteiger partial charge is 0.332 e. The van der Waals surface area contributed by atoms with Crippen LogP contribution in [0.4, 0.5) is 0 Å². The lowest BCUT2D eigenvalue weighted by Crippen LogP contribution is -2.54. The number of aliphatic hydroxyl groups excluding tert-OH is 2. The first-order valence-electron chi connectivity index (χ1n) is 15.6. The molecule has 47 heavy (non-hydrogen) atoms. The lowest BCUT2D eigenvalue weighted by Gasteiger charge is -2.38. The summed E-state index contributed by atoms with van der Waals surface area (Å²) >= 11 is 0. The number of rotatable bonds is 21. The van der Waals surface area contributed by atoms with Gasteiger partial charge in [0.15, 0.2) is 0 Å². The van der Waals surface area contributed by atoms with Gasteiger partial charge in [-0.25, -0.2) is 0 Å². The van der Waals surface area contributed by atoms with E-state index in [4.69, 9.17) is 28.0 Å². The molecule has 0 bridgehead atoms. The number of ether oxygens (including phenoxy) is 4. The zero-order valence-corrected chi connectivity index (χ0v) is 27.8. The van der Waals surface area contributed by atoms with E-state index in [9.17, 15) is 14.8 Å². The molecule has 4 rings (SSSR count). The molecule has 0 aliphatic carbocycles. The van der Waals surface area contributed by atoms with E-state index in [1.807, 2.05) is 121 Å². The van der Waals surface area contributed by atoms with Crippen LogP contribution in [-0.4, -0.2) is 67.7 Å². The van der Waals surface area contributed by atoms with Crippen LogP contribution in [0, 0.1) is 0 Å². The SMILES string of the molecule is COP(=O)(CC(O)[C@H](OCc1ccccc1)[C@@H](OCc1ccccc1)[C@H](OCc1ccccc1)[C@H](O)COCc1ccccc1)OC. The largest absolute Gasteiger partial charge is 0.390 e. The molecule has 0 aromatic heterocycles.